The molecule has 0 aliphatic carbocycles. The molecule has 0 unspecified atom stereocenters. The molecule has 0 atom stereocenters. The lowest BCUT2D eigenvalue weighted by Gasteiger charge is -2.10. The van der Waals surface area contributed by atoms with Crippen molar-refractivity contribution in [2.24, 2.45) is 0 Å². The molecule has 0 saturated carbocycles. The second kappa shape index (κ2) is 10.3. The van der Waals surface area contributed by atoms with E-state index in [0.29, 0.717) is 16.9 Å². The molecule has 0 radical (unpaired) electrons. The summed E-state index contributed by atoms with van der Waals surface area (Å²) in [6, 6.07) is 13.0. The largest absolute Gasteiger partial charge is 0.497 e. The number of methoxy groups -OCH3 is 2. The second-order valence-corrected chi connectivity index (χ2v) is 5.70. The van der Waals surface area contributed by atoms with Crippen LogP contribution in [0.3, 0.4) is 0 Å². The minimum Gasteiger partial charge on any atom is -0.497 e. The average molecular weight is 392 g/mol. The topological polar surface area (TPSA) is 97.7 Å². The van der Waals surface area contributed by atoms with Crippen LogP contribution >= 0.6 is 0 Å². The number of nitrogens with one attached hydrogen (secondary N) is 1. The van der Waals surface area contributed by atoms with Gasteiger partial charge in [-0.25, -0.2) is 4.79 Å². The normalized spacial score (nSPS) is 10.4. The number of ether oxygens (including phenoxy) is 3. The number of amides is 1. The Morgan fingerprint density at radius 1 is 1.10 bits per heavy atom. The Morgan fingerprint density at radius 2 is 1.83 bits per heavy atom. The fraction of sp³-hybridized carbons (Fsp3) is 0.136. The molecule has 0 aliphatic heterocycles. The number of nitriles is 1. The van der Waals surface area contributed by atoms with Crippen molar-refractivity contribution in [2.45, 2.75) is 0 Å². The van der Waals surface area contributed by atoms with Crippen LogP contribution in [0.1, 0.15) is 15.9 Å². The molecule has 7 nitrogen and oxygen atoms in total. The number of hydrogen-bond donors (Lipinski definition) is 1. The highest BCUT2D eigenvalue weighted by molar-refractivity contribution is 6.01. The first kappa shape index (κ1) is 21.3. The van der Waals surface area contributed by atoms with Crippen LogP contribution in [-0.4, -0.2) is 32.6 Å². The van der Waals surface area contributed by atoms with Gasteiger partial charge in [-0.15, -0.1) is 6.58 Å². The van der Waals surface area contributed by atoms with Gasteiger partial charge < -0.3 is 19.5 Å². The third-order valence-electron chi connectivity index (χ3n) is 3.80. The molecule has 0 aromatic heterocycles. The lowest BCUT2D eigenvalue weighted by Crippen LogP contribution is -2.24. The van der Waals surface area contributed by atoms with Crippen molar-refractivity contribution in [1.82, 2.24) is 5.32 Å². The predicted molar refractivity (Wildman–Crippen MR) is 108 cm³/mol. The number of nitrogens with zero attached hydrogens (tertiary/aromatic N) is 1. The van der Waals surface area contributed by atoms with Gasteiger partial charge in [-0.1, -0.05) is 12.1 Å². The lowest BCUT2D eigenvalue weighted by molar-refractivity contribution is -0.116. The Hall–Kier alpha value is -4.05. The Labute approximate surface area is 168 Å². The molecule has 2 rings (SSSR count). The van der Waals surface area contributed by atoms with Gasteiger partial charge >= 0.3 is 5.97 Å². The SMILES string of the molecule is C=CCNC(=O)/C(C#N)=C/c1ccc(OC(=O)c2ccc(OC)cc2)c(OC)c1. The Bertz CT molecular complexity index is 972. The van der Waals surface area contributed by atoms with Crippen LogP contribution in [0, 0.1) is 11.3 Å². The minimum absolute atomic E-state index is 0.0723. The molecule has 0 fully saturated rings. The summed E-state index contributed by atoms with van der Waals surface area (Å²) in [6.07, 6.45) is 2.93. The Morgan fingerprint density at radius 3 is 2.41 bits per heavy atom. The van der Waals surface area contributed by atoms with Crippen molar-refractivity contribution >= 4 is 18.0 Å². The van der Waals surface area contributed by atoms with Crippen LogP contribution in [0.2, 0.25) is 0 Å². The molecule has 29 heavy (non-hydrogen) atoms. The maximum Gasteiger partial charge on any atom is 0.343 e. The highest BCUT2D eigenvalue weighted by Gasteiger charge is 2.14. The molecule has 0 bridgehead atoms. The summed E-state index contributed by atoms with van der Waals surface area (Å²) in [5, 5.41) is 11.7. The first-order valence-electron chi connectivity index (χ1n) is 8.57. The number of carbonyl (C=O) groups is 2. The summed E-state index contributed by atoms with van der Waals surface area (Å²) in [7, 11) is 2.96. The van der Waals surface area contributed by atoms with E-state index in [1.807, 2.05) is 6.07 Å². The highest BCUT2D eigenvalue weighted by atomic mass is 16.6. The number of rotatable bonds is 8. The summed E-state index contributed by atoms with van der Waals surface area (Å²) < 4.78 is 15.7. The molecule has 2 aromatic rings. The summed E-state index contributed by atoms with van der Waals surface area (Å²) in [5.74, 6) is 0.0438. The van der Waals surface area contributed by atoms with Crippen molar-refractivity contribution < 1.29 is 23.8 Å². The third-order valence-corrected chi connectivity index (χ3v) is 3.80. The van der Waals surface area contributed by atoms with Crippen molar-refractivity contribution in [3.63, 3.8) is 0 Å². The van der Waals surface area contributed by atoms with Crippen LogP contribution in [-0.2, 0) is 4.79 Å². The molecule has 0 aliphatic rings. The molecule has 0 saturated heterocycles. The van der Waals surface area contributed by atoms with Crippen LogP contribution < -0.4 is 19.5 Å². The molecule has 2 aromatic carbocycles. The van der Waals surface area contributed by atoms with E-state index in [4.69, 9.17) is 14.2 Å². The van der Waals surface area contributed by atoms with Crippen LogP contribution in [0.25, 0.3) is 6.08 Å². The zero-order valence-electron chi connectivity index (χ0n) is 16.1. The van der Waals surface area contributed by atoms with Gasteiger partial charge in [0.25, 0.3) is 5.91 Å². The van der Waals surface area contributed by atoms with Gasteiger partial charge in [-0.2, -0.15) is 5.26 Å². The molecule has 148 valence electrons. The van der Waals surface area contributed by atoms with Gasteiger partial charge in [0.15, 0.2) is 11.5 Å². The zero-order chi connectivity index (χ0) is 21.2. The van der Waals surface area contributed by atoms with Crippen LogP contribution in [0.15, 0.2) is 60.7 Å². The molecular formula is C22H20N2O5. The van der Waals surface area contributed by atoms with Crippen molar-refractivity contribution in [2.75, 3.05) is 20.8 Å². The molecule has 7 heteroatoms. The van der Waals surface area contributed by atoms with E-state index in [2.05, 4.69) is 11.9 Å². The maximum atomic E-state index is 12.3. The predicted octanol–water partition coefficient (Wildman–Crippen LogP) is 3.13. The van der Waals surface area contributed by atoms with E-state index in [9.17, 15) is 14.9 Å². The van der Waals surface area contributed by atoms with E-state index in [-0.39, 0.29) is 23.6 Å². The standard InChI is InChI=1S/C22H20N2O5/c1-4-11-24-21(25)17(14-23)12-15-5-10-19(20(13-15)28-3)29-22(26)16-6-8-18(27-2)9-7-16/h4-10,12-13H,1,11H2,2-3H3,(H,24,25)/b17-12+. The van der Waals surface area contributed by atoms with Crippen LogP contribution in [0.4, 0.5) is 0 Å². The summed E-state index contributed by atoms with van der Waals surface area (Å²) in [4.78, 5) is 24.3. The van der Waals surface area contributed by atoms with E-state index in [1.165, 1.54) is 32.4 Å². The zero-order valence-corrected chi connectivity index (χ0v) is 16.1. The summed E-state index contributed by atoms with van der Waals surface area (Å²) >= 11 is 0. The summed E-state index contributed by atoms with van der Waals surface area (Å²) in [6.45, 7) is 3.76. The first-order chi connectivity index (χ1) is 14.0. The van der Waals surface area contributed by atoms with E-state index in [1.54, 1.807) is 36.4 Å². The van der Waals surface area contributed by atoms with Gasteiger partial charge in [0.05, 0.1) is 19.8 Å². The Balaban J connectivity index is 2.22. The second-order valence-electron chi connectivity index (χ2n) is 5.70. The molecule has 1 amide bonds. The average Bonchev–Trinajstić information content (AvgIpc) is 2.76. The molecular weight excluding hydrogens is 372 g/mol. The lowest BCUT2D eigenvalue weighted by atomic mass is 10.1. The number of esters is 1. The number of hydrogen-bond acceptors (Lipinski definition) is 6. The molecule has 1 N–H and O–H groups in total. The van der Waals surface area contributed by atoms with Crippen molar-refractivity contribution in [3.05, 3.63) is 71.8 Å². The van der Waals surface area contributed by atoms with Crippen molar-refractivity contribution in [1.29, 1.82) is 5.26 Å². The fourth-order valence-corrected chi connectivity index (χ4v) is 2.32. The van der Waals surface area contributed by atoms with Gasteiger partial charge in [-0.3, -0.25) is 4.79 Å². The third kappa shape index (κ3) is 5.71. The maximum absolute atomic E-state index is 12.3. The van der Waals surface area contributed by atoms with Gasteiger partial charge in [0, 0.05) is 6.54 Å². The fourth-order valence-electron chi connectivity index (χ4n) is 2.32. The molecule has 0 heterocycles. The van der Waals surface area contributed by atoms with E-state index < -0.39 is 11.9 Å². The quantitative estimate of drug-likeness (QED) is 0.244. The van der Waals surface area contributed by atoms with E-state index >= 15 is 0 Å². The van der Waals surface area contributed by atoms with E-state index in [0.717, 1.165) is 0 Å². The van der Waals surface area contributed by atoms with Gasteiger partial charge in [0.1, 0.15) is 17.4 Å². The van der Waals surface area contributed by atoms with Gasteiger partial charge in [0.2, 0.25) is 0 Å². The number of carbonyl (C=O) groups excluding carboxylic acids is 2. The van der Waals surface area contributed by atoms with Crippen molar-refractivity contribution in [3.8, 4) is 23.3 Å². The Kier molecular flexibility index (Phi) is 7.57. The monoisotopic (exact) mass is 392 g/mol. The smallest absolute Gasteiger partial charge is 0.343 e. The highest BCUT2D eigenvalue weighted by Crippen LogP contribution is 2.30. The van der Waals surface area contributed by atoms with Gasteiger partial charge in [-0.05, 0) is 48.0 Å². The number of benzene rings is 2. The minimum atomic E-state index is -0.559. The van der Waals surface area contributed by atoms with Crippen LogP contribution in [0.5, 0.6) is 17.2 Å². The molecule has 0 spiro atoms. The summed E-state index contributed by atoms with van der Waals surface area (Å²) in [5.41, 5.74) is 0.816. The first-order valence-corrected chi connectivity index (χ1v) is 8.57.